The smallest absolute Gasteiger partial charge is 0.399 e. The summed E-state index contributed by atoms with van der Waals surface area (Å²) in [6, 6.07) is 7.65. The zero-order valence-corrected chi connectivity index (χ0v) is 8.43. The lowest BCUT2D eigenvalue weighted by Crippen LogP contribution is -1.95. The molecule has 2 aromatic rings. The van der Waals surface area contributed by atoms with Crippen LogP contribution in [-0.4, -0.2) is 4.98 Å². The van der Waals surface area contributed by atoms with Gasteiger partial charge in [-0.3, -0.25) is 0 Å². The molecule has 0 saturated carbocycles. The number of rotatable bonds is 3. The highest BCUT2D eigenvalue weighted by Gasteiger charge is 2.04. The van der Waals surface area contributed by atoms with Crippen LogP contribution >= 0.6 is 0 Å². The number of aryl methyl sites for hydroxylation is 1. The summed E-state index contributed by atoms with van der Waals surface area (Å²) in [5.41, 5.74) is 7.25. The molecule has 15 heavy (non-hydrogen) atoms. The lowest BCUT2D eigenvalue weighted by atomic mass is 10.2. The summed E-state index contributed by atoms with van der Waals surface area (Å²) < 4.78 is 10.5. The molecule has 0 fully saturated rings. The third kappa shape index (κ3) is 2.35. The van der Waals surface area contributed by atoms with Gasteiger partial charge < -0.3 is 14.9 Å². The van der Waals surface area contributed by atoms with Gasteiger partial charge in [-0.25, -0.2) is 0 Å². The number of benzene rings is 1. The van der Waals surface area contributed by atoms with E-state index in [1.54, 1.807) is 0 Å². The van der Waals surface area contributed by atoms with Gasteiger partial charge in [0.05, 0.1) is 5.69 Å². The van der Waals surface area contributed by atoms with Gasteiger partial charge in [0.15, 0.2) is 0 Å². The fourth-order valence-electron chi connectivity index (χ4n) is 1.14. The van der Waals surface area contributed by atoms with Crippen LogP contribution in [0.15, 0.2) is 34.9 Å². The average Bonchev–Trinajstić information content (AvgIpc) is 2.69. The van der Waals surface area contributed by atoms with Crippen LogP contribution in [0.4, 0.5) is 0 Å². The molecule has 78 valence electrons. The van der Waals surface area contributed by atoms with E-state index in [0.29, 0.717) is 18.0 Å². The normalized spacial score (nSPS) is 10.3. The highest BCUT2D eigenvalue weighted by Crippen LogP contribution is 2.20. The summed E-state index contributed by atoms with van der Waals surface area (Å²) >= 11 is 0. The molecule has 1 aromatic carbocycles. The first-order valence-electron chi connectivity index (χ1n) is 4.67. The molecule has 2 rings (SSSR count). The van der Waals surface area contributed by atoms with Gasteiger partial charge in [-0.2, -0.15) is 4.98 Å². The van der Waals surface area contributed by atoms with E-state index in [2.05, 4.69) is 4.98 Å². The lowest BCUT2D eigenvalue weighted by molar-refractivity contribution is 0.330. The number of hydrogen-bond donors (Lipinski definition) is 1. The first-order valence-corrected chi connectivity index (χ1v) is 4.67. The van der Waals surface area contributed by atoms with Crippen molar-refractivity contribution in [2.45, 2.75) is 13.5 Å². The summed E-state index contributed by atoms with van der Waals surface area (Å²) in [5, 5.41) is 0. The Balaban J connectivity index is 2.11. The zero-order valence-electron chi connectivity index (χ0n) is 8.43. The molecule has 2 N–H and O–H groups in total. The van der Waals surface area contributed by atoms with Crippen LogP contribution in [0.2, 0.25) is 0 Å². The number of ether oxygens (including phenoxy) is 1. The van der Waals surface area contributed by atoms with Gasteiger partial charge in [0.25, 0.3) is 0 Å². The Bertz CT molecular complexity index is 434. The Morgan fingerprint density at radius 2 is 2.07 bits per heavy atom. The van der Waals surface area contributed by atoms with E-state index in [1.807, 2.05) is 31.2 Å². The minimum absolute atomic E-state index is 0.222. The van der Waals surface area contributed by atoms with E-state index in [4.69, 9.17) is 14.9 Å². The topological polar surface area (TPSA) is 61.3 Å². The Kier molecular flexibility index (Phi) is 2.69. The molecule has 0 spiro atoms. The average molecular weight is 204 g/mol. The van der Waals surface area contributed by atoms with Gasteiger partial charge in [-0.05, 0) is 19.1 Å². The molecular formula is C11H12N2O2. The molecule has 0 aliphatic carbocycles. The minimum Gasteiger partial charge on any atom is -0.417 e. The second kappa shape index (κ2) is 4.14. The molecule has 0 bridgehead atoms. The maximum absolute atomic E-state index is 5.40. The molecule has 0 aliphatic rings. The van der Waals surface area contributed by atoms with E-state index in [1.165, 1.54) is 11.8 Å². The van der Waals surface area contributed by atoms with Crippen molar-refractivity contribution in [2.75, 3.05) is 0 Å². The van der Waals surface area contributed by atoms with E-state index in [0.717, 1.165) is 0 Å². The summed E-state index contributed by atoms with van der Waals surface area (Å²) in [5.74, 6) is 0.700. The van der Waals surface area contributed by atoms with Gasteiger partial charge in [0, 0.05) is 6.54 Å². The predicted octanol–water partition coefficient (Wildman–Crippen LogP) is 2.23. The van der Waals surface area contributed by atoms with Crippen LogP contribution < -0.4 is 10.5 Å². The van der Waals surface area contributed by atoms with Crippen molar-refractivity contribution in [3.63, 3.8) is 0 Å². The van der Waals surface area contributed by atoms with E-state index in [9.17, 15) is 0 Å². The SMILES string of the molecule is Cc1ccc(Oc2nc(CN)co2)cc1. The predicted molar refractivity (Wildman–Crippen MR) is 55.6 cm³/mol. The monoisotopic (exact) mass is 204 g/mol. The van der Waals surface area contributed by atoms with E-state index >= 15 is 0 Å². The molecule has 1 heterocycles. The summed E-state index contributed by atoms with van der Waals surface area (Å²) in [4.78, 5) is 4.03. The molecule has 0 aliphatic heterocycles. The van der Waals surface area contributed by atoms with Crippen LogP contribution in [0.5, 0.6) is 11.8 Å². The van der Waals surface area contributed by atoms with Crippen molar-refractivity contribution in [1.29, 1.82) is 0 Å². The van der Waals surface area contributed by atoms with Crippen molar-refractivity contribution in [3.05, 3.63) is 41.8 Å². The van der Waals surface area contributed by atoms with Crippen LogP contribution in [0.25, 0.3) is 0 Å². The van der Waals surface area contributed by atoms with Crippen molar-refractivity contribution in [2.24, 2.45) is 5.73 Å². The van der Waals surface area contributed by atoms with Crippen LogP contribution in [0.3, 0.4) is 0 Å². The Morgan fingerprint density at radius 3 is 2.67 bits per heavy atom. The molecule has 0 saturated heterocycles. The molecule has 1 aromatic heterocycles. The van der Waals surface area contributed by atoms with E-state index in [-0.39, 0.29) is 6.08 Å². The van der Waals surface area contributed by atoms with Crippen LogP contribution in [0, 0.1) is 6.92 Å². The Labute approximate surface area is 87.7 Å². The number of hydrogen-bond acceptors (Lipinski definition) is 4. The van der Waals surface area contributed by atoms with Crippen molar-refractivity contribution < 1.29 is 9.15 Å². The fraction of sp³-hybridized carbons (Fsp3) is 0.182. The largest absolute Gasteiger partial charge is 0.417 e. The van der Waals surface area contributed by atoms with Gasteiger partial charge in [0.1, 0.15) is 12.0 Å². The Hall–Kier alpha value is -1.81. The number of oxazole rings is 1. The molecule has 0 radical (unpaired) electrons. The molecule has 4 nitrogen and oxygen atoms in total. The second-order valence-electron chi connectivity index (χ2n) is 3.22. The maximum Gasteiger partial charge on any atom is 0.399 e. The highest BCUT2D eigenvalue weighted by molar-refractivity contribution is 5.28. The third-order valence-electron chi connectivity index (χ3n) is 1.97. The first-order chi connectivity index (χ1) is 7.28. The van der Waals surface area contributed by atoms with Gasteiger partial charge >= 0.3 is 6.08 Å². The van der Waals surface area contributed by atoms with Gasteiger partial charge in [-0.15, -0.1) is 0 Å². The standard InChI is InChI=1S/C11H12N2O2/c1-8-2-4-10(5-3-8)15-11-13-9(6-12)7-14-11/h2-5,7H,6,12H2,1H3. The number of nitrogens with two attached hydrogens (primary N) is 1. The Morgan fingerprint density at radius 1 is 1.33 bits per heavy atom. The van der Waals surface area contributed by atoms with E-state index < -0.39 is 0 Å². The molecule has 0 unspecified atom stereocenters. The molecule has 0 amide bonds. The lowest BCUT2D eigenvalue weighted by Gasteiger charge is -1.99. The van der Waals surface area contributed by atoms with Crippen molar-refractivity contribution in [3.8, 4) is 11.8 Å². The second-order valence-corrected chi connectivity index (χ2v) is 3.22. The molecular weight excluding hydrogens is 192 g/mol. The van der Waals surface area contributed by atoms with Crippen LogP contribution in [-0.2, 0) is 6.54 Å². The fourth-order valence-corrected chi connectivity index (χ4v) is 1.14. The summed E-state index contributed by atoms with van der Waals surface area (Å²) in [7, 11) is 0. The van der Waals surface area contributed by atoms with Gasteiger partial charge in [-0.1, -0.05) is 17.7 Å². The van der Waals surface area contributed by atoms with Crippen molar-refractivity contribution in [1.82, 2.24) is 4.98 Å². The molecule has 0 atom stereocenters. The third-order valence-corrected chi connectivity index (χ3v) is 1.97. The quantitative estimate of drug-likeness (QED) is 0.832. The minimum atomic E-state index is 0.222. The number of aromatic nitrogens is 1. The summed E-state index contributed by atoms with van der Waals surface area (Å²) in [6.07, 6.45) is 1.71. The highest BCUT2D eigenvalue weighted by atomic mass is 16.6. The zero-order chi connectivity index (χ0) is 10.7. The number of nitrogens with zero attached hydrogens (tertiary/aromatic N) is 1. The van der Waals surface area contributed by atoms with Gasteiger partial charge in [0.2, 0.25) is 0 Å². The summed E-state index contributed by atoms with van der Waals surface area (Å²) in [6.45, 7) is 2.36. The first kappa shape index (κ1) is 9.73. The maximum atomic E-state index is 5.40. The van der Waals surface area contributed by atoms with Crippen molar-refractivity contribution >= 4 is 0 Å². The molecule has 4 heteroatoms. The van der Waals surface area contributed by atoms with Crippen LogP contribution in [0.1, 0.15) is 11.3 Å².